The minimum atomic E-state index is -2.74. The number of aliphatic hydroxyl groups is 1. The van der Waals surface area contributed by atoms with E-state index in [2.05, 4.69) is 4.74 Å². The lowest BCUT2D eigenvalue weighted by molar-refractivity contribution is -0.181. The number of ether oxygens (including phenoxy) is 4. The fraction of sp³-hybridized carbons (Fsp3) is 0.478. The van der Waals surface area contributed by atoms with Crippen LogP contribution in [0.4, 0.5) is 0 Å². The molecular formula is C23H28O13. The molecule has 0 saturated carbocycles. The van der Waals surface area contributed by atoms with Crippen molar-refractivity contribution in [1.82, 2.24) is 0 Å². The van der Waals surface area contributed by atoms with Crippen molar-refractivity contribution in [3.8, 4) is 0 Å². The molecule has 0 aliphatic carbocycles. The van der Waals surface area contributed by atoms with Crippen LogP contribution in [0.5, 0.6) is 0 Å². The third-order valence-electron chi connectivity index (χ3n) is 4.27. The lowest BCUT2D eigenvalue weighted by Gasteiger charge is -2.24. The van der Waals surface area contributed by atoms with Crippen LogP contribution < -0.4 is 0 Å². The van der Waals surface area contributed by atoms with Crippen LogP contribution in [0.25, 0.3) is 0 Å². The molecule has 0 aliphatic rings. The highest BCUT2D eigenvalue weighted by Crippen LogP contribution is 2.20. The van der Waals surface area contributed by atoms with E-state index in [0.29, 0.717) is 0 Å². The summed E-state index contributed by atoms with van der Waals surface area (Å²) in [6, 6.07) is 3.04. The maximum Gasteiger partial charge on any atom is 0.341 e. The second kappa shape index (κ2) is 13.2. The summed E-state index contributed by atoms with van der Waals surface area (Å²) < 4.78 is 19.3. The van der Waals surface area contributed by atoms with E-state index in [9.17, 15) is 39.0 Å². The maximum absolute atomic E-state index is 12.5. The summed E-state index contributed by atoms with van der Waals surface area (Å²) in [6.45, 7) is 5.43. The van der Waals surface area contributed by atoms with Crippen LogP contribution in [-0.2, 0) is 33.3 Å². The van der Waals surface area contributed by atoms with Crippen molar-refractivity contribution in [3.63, 3.8) is 0 Å². The molecular weight excluding hydrogens is 484 g/mol. The summed E-state index contributed by atoms with van der Waals surface area (Å²) in [7, 11) is 0. The average Bonchev–Trinajstić information content (AvgIpc) is 2.75. The van der Waals surface area contributed by atoms with Crippen molar-refractivity contribution in [3.05, 3.63) is 34.9 Å². The Balaban J connectivity index is 2.94. The number of aromatic carboxylic acids is 1. The zero-order chi connectivity index (χ0) is 27.6. The van der Waals surface area contributed by atoms with Gasteiger partial charge in [-0.25, -0.2) is 19.2 Å². The van der Waals surface area contributed by atoms with Gasteiger partial charge in [0.15, 0.2) is 5.60 Å². The van der Waals surface area contributed by atoms with E-state index in [1.165, 1.54) is 13.8 Å². The Kier molecular flexibility index (Phi) is 11.0. The molecule has 0 bridgehead atoms. The van der Waals surface area contributed by atoms with Gasteiger partial charge < -0.3 is 34.3 Å². The fourth-order valence-electron chi connectivity index (χ4n) is 2.64. The summed E-state index contributed by atoms with van der Waals surface area (Å²) in [4.78, 5) is 71.3. The van der Waals surface area contributed by atoms with Gasteiger partial charge >= 0.3 is 35.8 Å². The largest absolute Gasteiger partial charge is 0.481 e. The standard InChI is InChI=1S/C23H28O13/c1-12(2)10-33-20(29)15-6-5-14(19(27)28)7-16(15)21(30)35-11-34-18(26)9-23(32,8-17(24)25)22(31)36-13(3)4/h5-7,12-13,32H,8-11H2,1-4H3,(H,24,25)(H,27,28). The number of aliphatic carboxylic acids is 1. The molecule has 36 heavy (non-hydrogen) atoms. The predicted molar refractivity (Wildman–Crippen MR) is 118 cm³/mol. The number of hydrogen-bond donors (Lipinski definition) is 3. The van der Waals surface area contributed by atoms with Crippen molar-refractivity contribution in [1.29, 1.82) is 0 Å². The van der Waals surface area contributed by atoms with E-state index >= 15 is 0 Å². The molecule has 0 heterocycles. The zero-order valence-corrected chi connectivity index (χ0v) is 20.1. The Bertz CT molecular complexity index is 1010. The fourth-order valence-corrected chi connectivity index (χ4v) is 2.64. The van der Waals surface area contributed by atoms with Crippen LogP contribution in [0.15, 0.2) is 18.2 Å². The minimum absolute atomic E-state index is 0.0142. The molecule has 0 aromatic heterocycles. The zero-order valence-electron chi connectivity index (χ0n) is 20.1. The van der Waals surface area contributed by atoms with E-state index in [-0.39, 0.29) is 23.7 Å². The molecule has 0 radical (unpaired) electrons. The molecule has 0 spiro atoms. The molecule has 0 saturated heterocycles. The third-order valence-corrected chi connectivity index (χ3v) is 4.27. The third kappa shape index (κ3) is 9.33. The highest BCUT2D eigenvalue weighted by atomic mass is 16.7. The van der Waals surface area contributed by atoms with Gasteiger partial charge in [-0.05, 0) is 38.0 Å². The molecule has 13 heteroatoms. The van der Waals surface area contributed by atoms with Gasteiger partial charge in [0.2, 0.25) is 6.79 Å². The van der Waals surface area contributed by atoms with Crippen LogP contribution >= 0.6 is 0 Å². The van der Waals surface area contributed by atoms with Crippen molar-refractivity contribution in [2.24, 2.45) is 5.92 Å². The molecule has 1 atom stereocenters. The number of carboxylic acids is 2. The van der Waals surface area contributed by atoms with Crippen molar-refractivity contribution in [2.75, 3.05) is 13.4 Å². The van der Waals surface area contributed by atoms with E-state index in [1.807, 2.05) is 0 Å². The number of carbonyl (C=O) groups excluding carboxylic acids is 4. The molecule has 3 N–H and O–H groups in total. The number of esters is 4. The van der Waals surface area contributed by atoms with E-state index in [4.69, 9.17) is 19.3 Å². The lowest BCUT2D eigenvalue weighted by Crippen LogP contribution is -2.45. The number of rotatable bonds is 13. The first kappa shape index (κ1) is 30.0. The Morgan fingerprint density at radius 1 is 0.861 bits per heavy atom. The van der Waals surface area contributed by atoms with E-state index in [1.54, 1.807) is 13.8 Å². The molecule has 1 aromatic rings. The van der Waals surface area contributed by atoms with Crippen molar-refractivity contribution < 1.29 is 63.0 Å². The summed E-state index contributed by atoms with van der Waals surface area (Å²) >= 11 is 0. The van der Waals surface area contributed by atoms with Gasteiger partial charge in [-0.15, -0.1) is 0 Å². The quantitative estimate of drug-likeness (QED) is 0.195. The highest BCUT2D eigenvalue weighted by molar-refractivity contribution is 6.05. The van der Waals surface area contributed by atoms with Crippen LogP contribution in [0.2, 0.25) is 0 Å². The summed E-state index contributed by atoms with van der Waals surface area (Å²) in [5.74, 6) is -7.79. The van der Waals surface area contributed by atoms with Crippen molar-refractivity contribution in [2.45, 2.75) is 52.2 Å². The van der Waals surface area contributed by atoms with Gasteiger partial charge in [0, 0.05) is 0 Å². The number of carbonyl (C=O) groups is 6. The Morgan fingerprint density at radius 2 is 1.47 bits per heavy atom. The van der Waals surface area contributed by atoms with E-state index in [0.717, 1.165) is 18.2 Å². The summed E-state index contributed by atoms with van der Waals surface area (Å²) in [5.41, 5.74) is -3.83. The monoisotopic (exact) mass is 512 g/mol. The molecule has 13 nitrogen and oxygen atoms in total. The first-order valence-corrected chi connectivity index (χ1v) is 10.7. The second-order valence-corrected chi connectivity index (χ2v) is 8.36. The first-order chi connectivity index (χ1) is 16.7. The SMILES string of the molecule is CC(C)COC(=O)c1ccc(C(=O)O)cc1C(=O)OCOC(=O)CC(O)(CC(=O)O)C(=O)OC(C)C. The Labute approximate surface area is 205 Å². The number of benzene rings is 1. The van der Waals surface area contributed by atoms with Crippen molar-refractivity contribution >= 4 is 35.8 Å². The van der Waals surface area contributed by atoms with Gasteiger partial charge in [-0.2, -0.15) is 0 Å². The maximum atomic E-state index is 12.5. The molecule has 1 unspecified atom stereocenters. The summed E-state index contributed by atoms with van der Waals surface area (Å²) in [6.07, 6.45) is -2.99. The van der Waals surface area contributed by atoms with Gasteiger partial charge in [-0.1, -0.05) is 13.8 Å². The predicted octanol–water partition coefficient (Wildman–Crippen LogP) is 1.40. The number of carboxylic acid groups (broad SMARTS) is 2. The molecule has 1 rings (SSSR count). The van der Waals surface area contributed by atoms with Gasteiger partial charge in [0.1, 0.15) is 0 Å². The van der Waals surface area contributed by atoms with Crippen LogP contribution in [-0.4, -0.2) is 76.2 Å². The minimum Gasteiger partial charge on any atom is -0.481 e. The van der Waals surface area contributed by atoms with Crippen LogP contribution in [0.3, 0.4) is 0 Å². The first-order valence-electron chi connectivity index (χ1n) is 10.7. The second-order valence-electron chi connectivity index (χ2n) is 8.36. The average molecular weight is 512 g/mol. The number of hydrogen-bond acceptors (Lipinski definition) is 11. The van der Waals surface area contributed by atoms with Gasteiger partial charge in [0.25, 0.3) is 0 Å². The normalized spacial score (nSPS) is 12.4. The van der Waals surface area contributed by atoms with Crippen LogP contribution in [0, 0.1) is 5.92 Å². The molecule has 1 aromatic carbocycles. The molecule has 0 fully saturated rings. The van der Waals surface area contributed by atoms with E-state index < -0.39 is 72.7 Å². The topological polar surface area (TPSA) is 200 Å². The summed E-state index contributed by atoms with van der Waals surface area (Å²) in [5, 5.41) is 28.5. The lowest BCUT2D eigenvalue weighted by atomic mass is 9.95. The molecule has 198 valence electrons. The van der Waals surface area contributed by atoms with Gasteiger partial charge in [-0.3, -0.25) is 9.59 Å². The Morgan fingerprint density at radius 3 is 2.00 bits per heavy atom. The molecule has 0 amide bonds. The van der Waals surface area contributed by atoms with Gasteiger partial charge in [0.05, 0.1) is 42.2 Å². The smallest absolute Gasteiger partial charge is 0.341 e. The highest BCUT2D eigenvalue weighted by Gasteiger charge is 2.43. The Hall–Kier alpha value is -4.00. The molecule has 0 aliphatic heterocycles. The van der Waals surface area contributed by atoms with Crippen LogP contribution in [0.1, 0.15) is 71.6 Å².